The van der Waals surface area contributed by atoms with Gasteiger partial charge in [0.1, 0.15) is 0 Å². The summed E-state index contributed by atoms with van der Waals surface area (Å²) in [5, 5.41) is 8.80. The molecule has 0 radical (unpaired) electrons. The maximum absolute atomic E-state index is 7.98. The van der Waals surface area contributed by atoms with Crippen LogP contribution in [0.4, 0.5) is 0 Å². The van der Waals surface area contributed by atoms with Gasteiger partial charge in [-0.2, -0.15) is 11.8 Å². The zero-order chi connectivity index (χ0) is 10.6. The van der Waals surface area contributed by atoms with Crippen molar-refractivity contribution in [3.05, 3.63) is 0 Å². The molecule has 1 saturated heterocycles. The first kappa shape index (κ1) is 11.9. The number of likely N-dealkylation sites (tertiary alicyclic amines) is 1. The Morgan fingerprint density at radius 2 is 2.07 bits per heavy atom. The Balaban J connectivity index is 2.45. The molecule has 0 bridgehead atoms. The van der Waals surface area contributed by atoms with Gasteiger partial charge >= 0.3 is 0 Å². The second kappa shape index (κ2) is 5.64. The third-order valence-corrected chi connectivity index (χ3v) is 4.03. The molecule has 3 heteroatoms. The van der Waals surface area contributed by atoms with Crippen LogP contribution in [0, 0.1) is 11.3 Å². The Kier molecular flexibility index (Phi) is 4.79. The van der Waals surface area contributed by atoms with Crippen LogP contribution in [0.25, 0.3) is 0 Å². The van der Waals surface area contributed by atoms with E-state index < -0.39 is 0 Å². The fourth-order valence-electron chi connectivity index (χ4n) is 1.91. The average molecular weight is 214 g/mol. The highest BCUT2D eigenvalue weighted by molar-refractivity contribution is 7.99. The minimum absolute atomic E-state index is 0.376. The summed E-state index contributed by atoms with van der Waals surface area (Å²) in [6, 6.07) is 0. The SMILES string of the molecule is CSC1CCCN(C(=N)C(C)C)CC1. The van der Waals surface area contributed by atoms with Crippen LogP contribution in [-0.2, 0) is 0 Å². The average Bonchev–Trinajstić information content (AvgIpc) is 2.41. The second-order valence-corrected chi connectivity index (χ2v) is 5.45. The van der Waals surface area contributed by atoms with Crippen LogP contribution in [0.2, 0.25) is 0 Å². The molecule has 0 aliphatic carbocycles. The van der Waals surface area contributed by atoms with Gasteiger partial charge in [-0.25, -0.2) is 0 Å². The molecule has 82 valence electrons. The fourth-order valence-corrected chi connectivity index (χ4v) is 2.65. The van der Waals surface area contributed by atoms with Crippen molar-refractivity contribution in [2.45, 2.75) is 38.4 Å². The Morgan fingerprint density at radius 3 is 2.64 bits per heavy atom. The Labute approximate surface area is 92.0 Å². The lowest BCUT2D eigenvalue weighted by Crippen LogP contribution is -2.34. The number of hydrogen-bond donors (Lipinski definition) is 1. The van der Waals surface area contributed by atoms with E-state index in [9.17, 15) is 0 Å². The predicted octanol–water partition coefficient (Wildman–Crippen LogP) is 2.84. The molecule has 1 heterocycles. The Bertz CT molecular complexity index is 192. The van der Waals surface area contributed by atoms with E-state index >= 15 is 0 Å². The van der Waals surface area contributed by atoms with Crippen LogP contribution in [0.5, 0.6) is 0 Å². The zero-order valence-corrected chi connectivity index (χ0v) is 10.4. The van der Waals surface area contributed by atoms with E-state index in [2.05, 4.69) is 25.0 Å². The quantitative estimate of drug-likeness (QED) is 0.565. The molecule has 1 atom stereocenters. The van der Waals surface area contributed by atoms with Gasteiger partial charge in [0.05, 0.1) is 5.84 Å². The van der Waals surface area contributed by atoms with Gasteiger partial charge in [0.15, 0.2) is 0 Å². The summed E-state index contributed by atoms with van der Waals surface area (Å²) in [7, 11) is 0. The molecule has 1 unspecified atom stereocenters. The number of thioether (sulfide) groups is 1. The molecule has 2 nitrogen and oxygen atoms in total. The standard InChI is InChI=1S/C11H22N2S/c1-9(2)11(12)13-7-4-5-10(14-3)6-8-13/h9-10,12H,4-8H2,1-3H3. The molecule has 0 saturated carbocycles. The van der Waals surface area contributed by atoms with E-state index in [0.29, 0.717) is 5.92 Å². The summed E-state index contributed by atoms with van der Waals surface area (Å²) in [5.74, 6) is 1.20. The second-order valence-electron chi connectivity index (χ2n) is 4.32. The molecule has 0 spiro atoms. The Hall–Kier alpha value is -0.180. The summed E-state index contributed by atoms with van der Waals surface area (Å²) in [4.78, 5) is 2.26. The van der Waals surface area contributed by atoms with Crippen molar-refractivity contribution in [2.75, 3.05) is 19.3 Å². The molecule has 1 aliphatic rings. The molecule has 1 fully saturated rings. The first-order chi connectivity index (χ1) is 6.65. The number of rotatable bonds is 2. The minimum atomic E-state index is 0.376. The molecular weight excluding hydrogens is 192 g/mol. The zero-order valence-electron chi connectivity index (χ0n) is 9.55. The van der Waals surface area contributed by atoms with E-state index in [4.69, 9.17) is 5.41 Å². The predicted molar refractivity (Wildman–Crippen MR) is 65.3 cm³/mol. The lowest BCUT2D eigenvalue weighted by Gasteiger charge is -2.25. The highest BCUT2D eigenvalue weighted by atomic mass is 32.2. The highest BCUT2D eigenvalue weighted by Gasteiger charge is 2.19. The molecule has 0 aromatic heterocycles. The number of amidine groups is 1. The maximum Gasteiger partial charge on any atom is 0.0983 e. The van der Waals surface area contributed by atoms with E-state index in [1.807, 2.05) is 11.8 Å². The van der Waals surface area contributed by atoms with Crippen molar-refractivity contribution in [3.63, 3.8) is 0 Å². The number of hydrogen-bond acceptors (Lipinski definition) is 2. The van der Waals surface area contributed by atoms with E-state index in [1.165, 1.54) is 19.3 Å². The maximum atomic E-state index is 7.98. The van der Waals surface area contributed by atoms with Crippen LogP contribution in [0.3, 0.4) is 0 Å². The molecule has 1 rings (SSSR count). The van der Waals surface area contributed by atoms with E-state index in [0.717, 1.165) is 24.2 Å². The molecule has 0 aromatic carbocycles. The molecular formula is C11H22N2S. The largest absolute Gasteiger partial charge is 0.360 e. The lowest BCUT2D eigenvalue weighted by molar-refractivity contribution is 0.411. The normalized spacial score (nSPS) is 23.7. The minimum Gasteiger partial charge on any atom is -0.360 e. The van der Waals surface area contributed by atoms with Crippen molar-refractivity contribution >= 4 is 17.6 Å². The summed E-state index contributed by atoms with van der Waals surface area (Å²) in [5.41, 5.74) is 0. The summed E-state index contributed by atoms with van der Waals surface area (Å²) >= 11 is 1.98. The molecule has 0 aromatic rings. The fraction of sp³-hybridized carbons (Fsp3) is 0.909. The Morgan fingerprint density at radius 1 is 1.36 bits per heavy atom. The van der Waals surface area contributed by atoms with Crippen molar-refractivity contribution in [2.24, 2.45) is 5.92 Å². The first-order valence-corrected chi connectivity index (χ1v) is 6.80. The molecule has 1 aliphatic heterocycles. The van der Waals surface area contributed by atoms with E-state index in [1.54, 1.807) is 0 Å². The van der Waals surface area contributed by atoms with Crippen LogP contribution >= 0.6 is 11.8 Å². The monoisotopic (exact) mass is 214 g/mol. The summed E-state index contributed by atoms with van der Waals surface area (Å²) in [6.45, 7) is 6.40. The van der Waals surface area contributed by atoms with Gasteiger partial charge in [-0.05, 0) is 25.5 Å². The summed E-state index contributed by atoms with van der Waals surface area (Å²) < 4.78 is 0. The van der Waals surface area contributed by atoms with Crippen molar-refractivity contribution in [3.8, 4) is 0 Å². The summed E-state index contributed by atoms with van der Waals surface area (Å²) in [6.07, 6.45) is 6.02. The molecule has 1 N–H and O–H groups in total. The van der Waals surface area contributed by atoms with Crippen LogP contribution in [-0.4, -0.2) is 35.3 Å². The van der Waals surface area contributed by atoms with Crippen molar-refractivity contribution in [1.82, 2.24) is 4.90 Å². The van der Waals surface area contributed by atoms with Gasteiger partial charge in [-0.15, -0.1) is 0 Å². The smallest absolute Gasteiger partial charge is 0.0983 e. The highest BCUT2D eigenvalue weighted by Crippen LogP contribution is 2.21. The van der Waals surface area contributed by atoms with E-state index in [-0.39, 0.29) is 0 Å². The van der Waals surface area contributed by atoms with Crippen molar-refractivity contribution in [1.29, 1.82) is 5.41 Å². The topological polar surface area (TPSA) is 27.1 Å². The van der Waals surface area contributed by atoms with Gasteiger partial charge in [-0.3, -0.25) is 5.41 Å². The van der Waals surface area contributed by atoms with Crippen LogP contribution in [0.15, 0.2) is 0 Å². The third kappa shape index (κ3) is 3.19. The van der Waals surface area contributed by atoms with Crippen LogP contribution in [0.1, 0.15) is 33.1 Å². The van der Waals surface area contributed by atoms with Gasteiger partial charge in [0.25, 0.3) is 0 Å². The number of nitrogens with zero attached hydrogens (tertiary/aromatic N) is 1. The number of nitrogens with one attached hydrogen (secondary N) is 1. The molecule has 14 heavy (non-hydrogen) atoms. The van der Waals surface area contributed by atoms with Gasteiger partial charge in [0, 0.05) is 24.3 Å². The van der Waals surface area contributed by atoms with Crippen LogP contribution < -0.4 is 0 Å². The molecule has 0 amide bonds. The lowest BCUT2D eigenvalue weighted by atomic mass is 10.2. The van der Waals surface area contributed by atoms with Crippen molar-refractivity contribution < 1.29 is 0 Å². The van der Waals surface area contributed by atoms with Gasteiger partial charge in [0.2, 0.25) is 0 Å². The third-order valence-electron chi connectivity index (χ3n) is 2.90. The first-order valence-electron chi connectivity index (χ1n) is 5.51. The van der Waals surface area contributed by atoms with Gasteiger partial charge in [-0.1, -0.05) is 13.8 Å². The van der Waals surface area contributed by atoms with Gasteiger partial charge < -0.3 is 4.90 Å².